The van der Waals surface area contributed by atoms with Crippen LogP contribution in [0.25, 0.3) is 0 Å². The van der Waals surface area contributed by atoms with Crippen molar-refractivity contribution in [2.45, 2.75) is 26.2 Å². The maximum absolute atomic E-state index is 12.6. The zero-order valence-corrected chi connectivity index (χ0v) is 10.6. The van der Waals surface area contributed by atoms with Crippen molar-refractivity contribution in [1.29, 1.82) is 0 Å². The first-order valence-electron chi connectivity index (χ1n) is 5.84. The fraction of sp³-hybridized carbons (Fsp3) is 0.700. The Morgan fingerprint density at radius 1 is 1.37 bits per heavy atom. The Kier molecular flexibility index (Phi) is 3.38. The fourth-order valence-electron chi connectivity index (χ4n) is 1.91. The van der Waals surface area contributed by atoms with Gasteiger partial charge in [0.25, 0.3) is 0 Å². The Morgan fingerprint density at radius 2 is 2.05 bits per heavy atom. The lowest BCUT2D eigenvalue weighted by Crippen LogP contribution is -2.45. The molecule has 2 heterocycles. The predicted molar refractivity (Wildman–Crippen MR) is 59.1 cm³/mol. The number of nitrogens with zero attached hydrogens (tertiary/aromatic N) is 5. The highest BCUT2D eigenvalue weighted by atomic mass is 19.4. The van der Waals surface area contributed by atoms with Gasteiger partial charge in [-0.2, -0.15) is 13.2 Å². The number of halogens is 3. The molecule has 0 saturated carbocycles. The van der Waals surface area contributed by atoms with Crippen LogP contribution >= 0.6 is 0 Å². The maximum atomic E-state index is 12.6. The molecule has 19 heavy (non-hydrogen) atoms. The number of rotatable bonds is 1. The third-order valence-electron chi connectivity index (χ3n) is 3.08. The van der Waals surface area contributed by atoms with Crippen molar-refractivity contribution in [3.8, 4) is 0 Å². The number of hydrogen-bond acceptors (Lipinski definition) is 3. The van der Waals surface area contributed by atoms with Crippen LogP contribution in [0.15, 0.2) is 0 Å². The Hall–Kier alpha value is -1.80. The number of amides is 2. The van der Waals surface area contributed by atoms with Gasteiger partial charge in [0.2, 0.25) is 5.82 Å². The average Bonchev–Trinajstić information content (AvgIpc) is 2.79. The van der Waals surface area contributed by atoms with Crippen LogP contribution in [0.4, 0.5) is 18.0 Å². The first kappa shape index (κ1) is 13.6. The van der Waals surface area contributed by atoms with Crippen LogP contribution < -0.4 is 0 Å². The van der Waals surface area contributed by atoms with Gasteiger partial charge in [-0.25, -0.2) is 4.79 Å². The van der Waals surface area contributed by atoms with E-state index in [2.05, 4.69) is 10.2 Å². The zero-order valence-electron chi connectivity index (χ0n) is 10.6. The van der Waals surface area contributed by atoms with E-state index in [1.165, 1.54) is 9.80 Å². The van der Waals surface area contributed by atoms with Gasteiger partial charge in [0.05, 0.1) is 6.54 Å². The number of hydrogen-bond donors (Lipinski definition) is 0. The average molecular weight is 277 g/mol. The number of urea groups is 1. The summed E-state index contributed by atoms with van der Waals surface area (Å²) < 4.78 is 38.9. The van der Waals surface area contributed by atoms with Crippen molar-refractivity contribution in [2.24, 2.45) is 0 Å². The highest BCUT2D eigenvalue weighted by Gasteiger charge is 2.40. The van der Waals surface area contributed by atoms with Crippen LogP contribution in [-0.2, 0) is 19.3 Å². The fourth-order valence-corrected chi connectivity index (χ4v) is 1.91. The molecule has 0 aliphatic carbocycles. The summed E-state index contributed by atoms with van der Waals surface area (Å²) in [5.41, 5.74) is 0. The Labute approximate surface area is 107 Å². The molecule has 0 spiro atoms. The van der Waals surface area contributed by atoms with E-state index in [1.807, 2.05) is 6.92 Å². The van der Waals surface area contributed by atoms with Crippen LogP contribution in [-0.4, -0.2) is 50.7 Å². The lowest BCUT2D eigenvalue weighted by molar-refractivity contribution is -0.147. The number of carbonyl (C=O) groups is 1. The lowest BCUT2D eigenvalue weighted by atomic mass is 10.3. The normalized spacial score (nSPS) is 15.3. The Balaban J connectivity index is 2.18. The minimum atomic E-state index is -4.52. The molecule has 0 aromatic carbocycles. The van der Waals surface area contributed by atoms with Gasteiger partial charge in [-0.1, -0.05) is 0 Å². The number of alkyl halides is 3. The predicted octanol–water partition coefficient (Wildman–Crippen LogP) is 1.18. The molecular formula is C10H14F3N5O. The van der Waals surface area contributed by atoms with Crippen molar-refractivity contribution in [1.82, 2.24) is 24.6 Å². The van der Waals surface area contributed by atoms with E-state index in [4.69, 9.17) is 0 Å². The minimum Gasteiger partial charge on any atom is -0.328 e. The van der Waals surface area contributed by atoms with E-state index in [0.29, 0.717) is 6.54 Å². The van der Waals surface area contributed by atoms with Crippen molar-refractivity contribution >= 4 is 6.03 Å². The smallest absolute Gasteiger partial charge is 0.328 e. The molecule has 1 aromatic heterocycles. The second kappa shape index (κ2) is 4.71. The third-order valence-corrected chi connectivity index (χ3v) is 3.08. The van der Waals surface area contributed by atoms with Gasteiger partial charge < -0.3 is 14.4 Å². The Morgan fingerprint density at radius 3 is 2.63 bits per heavy atom. The quantitative estimate of drug-likeness (QED) is 0.774. The van der Waals surface area contributed by atoms with Crippen molar-refractivity contribution in [3.63, 3.8) is 0 Å². The monoisotopic (exact) mass is 277 g/mol. The summed E-state index contributed by atoms with van der Waals surface area (Å²) in [5.74, 6) is -0.838. The van der Waals surface area contributed by atoms with E-state index < -0.39 is 12.0 Å². The van der Waals surface area contributed by atoms with E-state index in [-0.39, 0.29) is 31.5 Å². The SMILES string of the molecule is CCN(C)C(=O)N1CCn2c(nnc2C(F)(F)F)C1. The molecule has 1 aliphatic heterocycles. The first-order chi connectivity index (χ1) is 8.84. The molecular weight excluding hydrogens is 263 g/mol. The van der Waals surface area contributed by atoms with Gasteiger partial charge >= 0.3 is 12.2 Å². The summed E-state index contributed by atoms with van der Waals surface area (Å²) >= 11 is 0. The first-order valence-corrected chi connectivity index (χ1v) is 5.84. The Bertz CT molecular complexity index is 484. The van der Waals surface area contributed by atoms with E-state index >= 15 is 0 Å². The summed E-state index contributed by atoms with van der Waals surface area (Å²) in [4.78, 5) is 14.9. The minimum absolute atomic E-state index is 0.0479. The molecule has 6 nitrogen and oxygen atoms in total. The summed E-state index contributed by atoms with van der Waals surface area (Å²) in [6, 6.07) is -0.217. The number of fused-ring (bicyclic) bond motifs is 1. The maximum Gasteiger partial charge on any atom is 0.451 e. The summed E-state index contributed by atoms with van der Waals surface area (Å²) in [7, 11) is 1.64. The van der Waals surface area contributed by atoms with Crippen molar-refractivity contribution in [3.05, 3.63) is 11.6 Å². The highest BCUT2D eigenvalue weighted by molar-refractivity contribution is 5.74. The van der Waals surface area contributed by atoms with Gasteiger partial charge in [0, 0.05) is 26.7 Å². The second-order valence-electron chi connectivity index (χ2n) is 4.31. The summed E-state index contributed by atoms with van der Waals surface area (Å²) in [6.07, 6.45) is -4.52. The van der Waals surface area contributed by atoms with Gasteiger partial charge in [-0.05, 0) is 6.92 Å². The second-order valence-corrected chi connectivity index (χ2v) is 4.31. The van der Waals surface area contributed by atoms with Gasteiger partial charge in [-0.15, -0.1) is 10.2 Å². The van der Waals surface area contributed by atoms with Crippen LogP contribution in [0.2, 0.25) is 0 Å². The third kappa shape index (κ3) is 2.49. The molecule has 1 aromatic rings. The molecule has 2 rings (SSSR count). The highest BCUT2D eigenvalue weighted by Crippen LogP contribution is 2.29. The summed E-state index contributed by atoms with van der Waals surface area (Å²) in [6.45, 7) is 2.69. The lowest BCUT2D eigenvalue weighted by Gasteiger charge is -2.31. The molecule has 106 valence electrons. The molecule has 0 saturated heterocycles. The van der Waals surface area contributed by atoms with Crippen LogP contribution in [0, 0.1) is 0 Å². The summed E-state index contributed by atoms with van der Waals surface area (Å²) in [5, 5.41) is 6.69. The van der Waals surface area contributed by atoms with E-state index in [0.717, 1.165) is 4.57 Å². The van der Waals surface area contributed by atoms with Crippen LogP contribution in [0.1, 0.15) is 18.6 Å². The van der Waals surface area contributed by atoms with Crippen LogP contribution in [0.5, 0.6) is 0 Å². The van der Waals surface area contributed by atoms with Gasteiger partial charge in [0.15, 0.2) is 5.82 Å². The van der Waals surface area contributed by atoms with Crippen LogP contribution in [0.3, 0.4) is 0 Å². The molecule has 1 aliphatic rings. The molecule has 0 fully saturated rings. The molecule has 0 atom stereocenters. The van der Waals surface area contributed by atoms with E-state index in [9.17, 15) is 18.0 Å². The molecule has 0 bridgehead atoms. The van der Waals surface area contributed by atoms with Crippen molar-refractivity contribution in [2.75, 3.05) is 20.1 Å². The zero-order chi connectivity index (χ0) is 14.2. The van der Waals surface area contributed by atoms with E-state index in [1.54, 1.807) is 7.05 Å². The molecule has 0 unspecified atom stereocenters. The number of aromatic nitrogens is 3. The standard InChI is InChI=1S/C10H14F3N5O/c1-3-16(2)9(19)17-4-5-18-7(6-17)14-15-8(18)10(11,12)13/h3-6H2,1-2H3. The topological polar surface area (TPSA) is 54.3 Å². The molecule has 0 N–H and O–H groups in total. The largest absolute Gasteiger partial charge is 0.451 e. The van der Waals surface area contributed by atoms with Gasteiger partial charge in [0.1, 0.15) is 0 Å². The molecule has 9 heteroatoms. The molecule has 2 amide bonds. The molecule has 0 radical (unpaired) electrons. The van der Waals surface area contributed by atoms with Gasteiger partial charge in [-0.3, -0.25) is 0 Å². The number of carbonyl (C=O) groups excluding carboxylic acids is 1. The van der Waals surface area contributed by atoms with Crippen molar-refractivity contribution < 1.29 is 18.0 Å².